The second kappa shape index (κ2) is 6.61. The number of benzene rings is 1. The Bertz CT molecular complexity index is 689. The molecule has 0 saturated heterocycles. The first-order valence-corrected chi connectivity index (χ1v) is 6.85. The molecule has 3 N–H and O–H groups in total. The van der Waals surface area contributed by atoms with Crippen LogP contribution in [0.15, 0.2) is 34.9 Å². The number of nitrogens with two attached hydrogens (primary N) is 1. The third-order valence-corrected chi connectivity index (χ3v) is 3.20. The summed E-state index contributed by atoms with van der Waals surface area (Å²) in [4.78, 5) is 27.5. The fraction of sp³-hybridized carbons (Fsp3) is 0.0714. The van der Waals surface area contributed by atoms with Crippen LogP contribution in [0.2, 0.25) is 0 Å². The Morgan fingerprint density at radius 1 is 1.23 bits per heavy atom. The van der Waals surface area contributed by atoms with Crippen molar-refractivity contribution in [1.82, 2.24) is 10.3 Å². The number of halogens is 3. The first-order chi connectivity index (χ1) is 10.4. The van der Waals surface area contributed by atoms with E-state index >= 15 is 0 Å². The Hall–Kier alpha value is -2.35. The lowest BCUT2D eigenvalue weighted by Gasteiger charge is -2.07. The average Bonchev–Trinajstić information content (AvgIpc) is 2.49. The number of nitrogens with zero attached hydrogens (tertiary/aromatic N) is 1. The number of anilines is 1. The number of nitrogen functional groups attached to an aromatic ring is 1. The van der Waals surface area contributed by atoms with E-state index in [1.165, 1.54) is 12.3 Å². The van der Waals surface area contributed by atoms with E-state index in [0.717, 1.165) is 18.2 Å². The normalized spacial score (nSPS) is 10.3. The summed E-state index contributed by atoms with van der Waals surface area (Å²) in [5.41, 5.74) is 5.21. The Morgan fingerprint density at radius 2 is 1.95 bits per heavy atom. The molecule has 22 heavy (non-hydrogen) atoms. The fourth-order valence-corrected chi connectivity index (χ4v) is 2.03. The van der Waals surface area contributed by atoms with Gasteiger partial charge in [0.05, 0.1) is 17.7 Å². The molecular formula is C14H10BrF2N3O2. The molecule has 114 valence electrons. The van der Waals surface area contributed by atoms with Crippen molar-refractivity contribution in [2.24, 2.45) is 0 Å². The van der Waals surface area contributed by atoms with E-state index in [1.54, 1.807) is 0 Å². The number of nitrogens with one attached hydrogen (secondary N) is 1. The van der Waals surface area contributed by atoms with Gasteiger partial charge >= 0.3 is 0 Å². The molecule has 0 saturated carbocycles. The summed E-state index contributed by atoms with van der Waals surface area (Å²) in [6, 6.07) is 3.96. The van der Waals surface area contributed by atoms with Crippen LogP contribution < -0.4 is 11.1 Å². The van der Waals surface area contributed by atoms with Crippen LogP contribution in [0.4, 0.5) is 14.6 Å². The molecule has 0 fully saturated rings. The van der Waals surface area contributed by atoms with Crippen molar-refractivity contribution in [3.05, 3.63) is 57.7 Å². The molecule has 1 heterocycles. The van der Waals surface area contributed by atoms with Crippen molar-refractivity contribution in [2.75, 3.05) is 12.3 Å². The van der Waals surface area contributed by atoms with Crippen LogP contribution in [0.5, 0.6) is 0 Å². The number of aromatic nitrogens is 1. The van der Waals surface area contributed by atoms with E-state index in [4.69, 9.17) is 5.73 Å². The number of carbonyl (C=O) groups is 2. The molecule has 1 aromatic heterocycles. The van der Waals surface area contributed by atoms with Crippen LogP contribution >= 0.6 is 15.9 Å². The molecule has 0 radical (unpaired) electrons. The number of rotatable bonds is 4. The molecule has 0 bridgehead atoms. The smallest absolute Gasteiger partial charge is 0.255 e. The first-order valence-electron chi connectivity index (χ1n) is 6.06. The van der Waals surface area contributed by atoms with Crippen molar-refractivity contribution < 1.29 is 18.4 Å². The van der Waals surface area contributed by atoms with Crippen molar-refractivity contribution in [3.63, 3.8) is 0 Å². The Balaban J connectivity index is 2.09. The van der Waals surface area contributed by atoms with Gasteiger partial charge in [0.15, 0.2) is 5.78 Å². The molecule has 0 spiro atoms. The number of hydrogen-bond acceptors (Lipinski definition) is 4. The monoisotopic (exact) mass is 369 g/mol. The molecular weight excluding hydrogens is 360 g/mol. The number of Topliss-reactive ketones (excluding diaryl/α,β-unsaturated/α-hetero) is 1. The van der Waals surface area contributed by atoms with Gasteiger partial charge in [-0.3, -0.25) is 9.59 Å². The van der Waals surface area contributed by atoms with Gasteiger partial charge in [-0.1, -0.05) is 0 Å². The first kappa shape index (κ1) is 16.0. The maximum atomic E-state index is 13.4. The minimum absolute atomic E-state index is 0.00918. The van der Waals surface area contributed by atoms with Crippen LogP contribution in [-0.2, 0) is 0 Å². The van der Waals surface area contributed by atoms with Crippen LogP contribution in [0.1, 0.15) is 20.7 Å². The standard InChI is InChI=1S/C14H10BrF2N3O2/c15-7-3-10(13(18)19-5-7)14(22)20-6-12(21)9-4-8(16)1-2-11(9)17/h1-5H,6H2,(H2,18,19)(H,20,22). The van der Waals surface area contributed by atoms with E-state index in [1.807, 2.05) is 0 Å². The van der Waals surface area contributed by atoms with Gasteiger partial charge in [0.1, 0.15) is 17.5 Å². The van der Waals surface area contributed by atoms with E-state index in [0.29, 0.717) is 4.47 Å². The van der Waals surface area contributed by atoms with E-state index in [2.05, 4.69) is 26.2 Å². The molecule has 2 aromatic rings. The number of hydrogen-bond donors (Lipinski definition) is 2. The van der Waals surface area contributed by atoms with Crippen molar-refractivity contribution in [1.29, 1.82) is 0 Å². The molecule has 0 aliphatic carbocycles. The summed E-state index contributed by atoms with van der Waals surface area (Å²) >= 11 is 3.14. The van der Waals surface area contributed by atoms with Crippen molar-refractivity contribution in [3.8, 4) is 0 Å². The third-order valence-electron chi connectivity index (χ3n) is 2.77. The van der Waals surface area contributed by atoms with Gasteiger partial charge in [0.25, 0.3) is 5.91 Å². The third kappa shape index (κ3) is 3.64. The zero-order chi connectivity index (χ0) is 16.3. The van der Waals surface area contributed by atoms with Crippen LogP contribution in [-0.4, -0.2) is 23.2 Å². The van der Waals surface area contributed by atoms with Crippen LogP contribution in [0.3, 0.4) is 0 Å². The van der Waals surface area contributed by atoms with Crippen LogP contribution in [0, 0.1) is 11.6 Å². The molecule has 0 unspecified atom stereocenters. The number of carbonyl (C=O) groups excluding carboxylic acids is 2. The van der Waals surface area contributed by atoms with Gasteiger partial charge < -0.3 is 11.1 Å². The SMILES string of the molecule is Nc1ncc(Br)cc1C(=O)NCC(=O)c1cc(F)ccc1F. The fourth-order valence-electron chi connectivity index (χ4n) is 1.69. The molecule has 5 nitrogen and oxygen atoms in total. The highest BCUT2D eigenvalue weighted by molar-refractivity contribution is 9.10. The van der Waals surface area contributed by atoms with E-state index in [9.17, 15) is 18.4 Å². The minimum atomic E-state index is -0.857. The number of ketones is 1. The molecule has 0 aliphatic rings. The predicted octanol–water partition coefficient (Wildman–Crippen LogP) is 2.32. The minimum Gasteiger partial charge on any atom is -0.383 e. The van der Waals surface area contributed by atoms with Gasteiger partial charge in [-0.05, 0) is 40.2 Å². The second-order valence-electron chi connectivity index (χ2n) is 4.32. The van der Waals surface area contributed by atoms with Gasteiger partial charge in [-0.2, -0.15) is 0 Å². The Kier molecular flexibility index (Phi) is 4.81. The summed E-state index contributed by atoms with van der Waals surface area (Å²) in [5.74, 6) is -3.01. The molecule has 2 rings (SSSR count). The van der Waals surface area contributed by atoms with Crippen LogP contribution in [0.25, 0.3) is 0 Å². The highest BCUT2D eigenvalue weighted by atomic mass is 79.9. The summed E-state index contributed by atoms with van der Waals surface area (Å²) in [6.45, 7) is -0.495. The molecule has 0 aliphatic heterocycles. The van der Waals surface area contributed by atoms with Crippen molar-refractivity contribution in [2.45, 2.75) is 0 Å². The Morgan fingerprint density at radius 3 is 2.68 bits per heavy atom. The largest absolute Gasteiger partial charge is 0.383 e. The lowest BCUT2D eigenvalue weighted by atomic mass is 10.1. The molecule has 1 aromatic carbocycles. The topological polar surface area (TPSA) is 85.1 Å². The second-order valence-corrected chi connectivity index (χ2v) is 5.23. The summed E-state index contributed by atoms with van der Waals surface area (Å²) in [5, 5.41) is 2.29. The molecule has 0 atom stereocenters. The number of pyridine rings is 1. The average molecular weight is 370 g/mol. The number of amides is 1. The lowest BCUT2D eigenvalue weighted by Crippen LogP contribution is -2.30. The van der Waals surface area contributed by atoms with Gasteiger partial charge in [-0.25, -0.2) is 13.8 Å². The highest BCUT2D eigenvalue weighted by Crippen LogP contribution is 2.15. The van der Waals surface area contributed by atoms with E-state index < -0.39 is 35.4 Å². The van der Waals surface area contributed by atoms with Gasteiger partial charge in [-0.15, -0.1) is 0 Å². The summed E-state index contributed by atoms with van der Waals surface area (Å²) < 4.78 is 27.0. The zero-order valence-corrected chi connectivity index (χ0v) is 12.7. The van der Waals surface area contributed by atoms with E-state index in [-0.39, 0.29) is 11.4 Å². The Labute approximate surface area is 132 Å². The van der Waals surface area contributed by atoms with Gasteiger partial charge in [0, 0.05) is 10.7 Å². The maximum absolute atomic E-state index is 13.4. The summed E-state index contributed by atoms with van der Waals surface area (Å²) in [7, 11) is 0. The predicted molar refractivity (Wildman–Crippen MR) is 79.4 cm³/mol. The molecule has 8 heteroatoms. The summed E-state index contributed by atoms with van der Waals surface area (Å²) in [6.07, 6.45) is 1.42. The zero-order valence-electron chi connectivity index (χ0n) is 11.1. The maximum Gasteiger partial charge on any atom is 0.255 e. The van der Waals surface area contributed by atoms with Gasteiger partial charge in [0.2, 0.25) is 0 Å². The van der Waals surface area contributed by atoms with Crippen molar-refractivity contribution >= 4 is 33.4 Å². The highest BCUT2D eigenvalue weighted by Gasteiger charge is 2.16. The quantitative estimate of drug-likeness (QED) is 0.809. The lowest BCUT2D eigenvalue weighted by molar-refractivity contribution is 0.0902. The molecule has 1 amide bonds.